The zero-order valence-corrected chi connectivity index (χ0v) is 14.3. The third kappa shape index (κ3) is 3.42. The van der Waals surface area contributed by atoms with Gasteiger partial charge in [-0.25, -0.2) is 0 Å². The average Bonchev–Trinajstić information content (AvgIpc) is 2.83. The van der Waals surface area contributed by atoms with E-state index < -0.39 is 0 Å². The Labute approximate surface area is 132 Å². The lowest BCUT2D eigenvalue weighted by Gasteiger charge is -2.45. The molecule has 0 saturated carbocycles. The second-order valence-electron chi connectivity index (χ2n) is 6.08. The molecule has 1 aliphatic heterocycles. The van der Waals surface area contributed by atoms with Gasteiger partial charge in [-0.2, -0.15) is 5.10 Å². The van der Waals surface area contributed by atoms with E-state index in [4.69, 9.17) is 16.3 Å². The molecule has 21 heavy (non-hydrogen) atoms. The van der Waals surface area contributed by atoms with Crippen molar-refractivity contribution in [3.05, 3.63) is 16.9 Å². The maximum Gasteiger partial charge on any atom is 0.0834 e. The van der Waals surface area contributed by atoms with Crippen molar-refractivity contribution in [2.75, 3.05) is 33.4 Å². The van der Waals surface area contributed by atoms with Crippen molar-refractivity contribution in [1.29, 1.82) is 0 Å². The zero-order valence-electron chi connectivity index (χ0n) is 13.5. The van der Waals surface area contributed by atoms with Gasteiger partial charge in [-0.15, -0.1) is 0 Å². The van der Waals surface area contributed by atoms with Crippen molar-refractivity contribution in [1.82, 2.24) is 20.0 Å². The van der Waals surface area contributed by atoms with E-state index in [1.807, 2.05) is 11.7 Å². The van der Waals surface area contributed by atoms with Crippen molar-refractivity contribution >= 4 is 11.6 Å². The van der Waals surface area contributed by atoms with E-state index in [0.717, 1.165) is 50.0 Å². The first-order valence-corrected chi connectivity index (χ1v) is 8.11. The minimum Gasteiger partial charge on any atom is -0.379 e. The molecule has 1 aromatic heterocycles. The van der Waals surface area contributed by atoms with Gasteiger partial charge in [0.05, 0.1) is 36.2 Å². The summed E-state index contributed by atoms with van der Waals surface area (Å²) in [7, 11) is 1.99. The lowest BCUT2D eigenvalue weighted by Crippen LogP contribution is -2.56. The van der Waals surface area contributed by atoms with Crippen LogP contribution in [0.15, 0.2) is 6.20 Å². The summed E-state index contributed by atoms with van der Waals surface area (Å²) in [6.07, 6.45) is 2.80. The van der Waals surface area contributed by atoms with Crippen LogP contribution in [0.3, 0.4) is 0 Å². The highest BCUT2D eigenvalue weighted by Gasteiger charge is 2.39. The Morgan fingerprint density at radius 2 is 2.10 bits per heavy atom. The number of hydrogen-bond donors (Lipinski definition) is 1. The van der Waals surface area contributed by atoms with Crippen molar-refractivity contribution in [3.8, 4) is 0 Å². The fourth-order valence-electron chi connectivity index (χ4n) is 3.20. The highest BCUT2D eigenvalue weighted by atomic mass is 35.5. The zero-order chi connectivity index (χ0) is 15.5. The van der Waals surface area contributed by atoms with E-state index in [1.54, 1.807) is 6.20 Å². The van der Waals surface area contributed by atoms with Crippen LogP contribution < -0.4 is 5.32 Å². The molecule has 0 radical (unpaired) electrons. The number of likely N-dealkylation sites (N-methyl/N-ethyl adjacent to an activating group) is 1. The van der Waals surface area contributed by atoms with Gasteiger partial charge in [0.2, 0.25) is 0 Å². The highest BCUT2D eigenvalue weighted by Crippen LogP contribution is 2.35. The number of nitrogens with one attached hydrogen (secondary N) is 1. The first kappa shape index (κ1) is 16.7. The molecule has 1 aromatic rings. The molecule has 1 fully saturated rings. The summed E-state index contributed by atoms with van der Waals surface area (Å²) < 4.78 is 7.51. The molecule has 1 saturated heterocycles. The Morgan fingerprint density at radius 1 is 1.43 bits per heavy atom. The summed E-state index contributed by atoms with van der Waals surface area (Å²) in [5.74, 6) is 0. The van der Waals surface area contributed by atoms with Crippen LogP contribution in [-0.4, -0.2) is 53.6 Å². The molecule has 0 spiro atoms. The Hall–Kier alpha value is -0.620. The number of hydrogen-bond acceptors (Lipinski definition) is 4. The van der Waals surface area contributed by atoms with E-state index in [0.29, 0.717) is 0 Å². The summed E-state index contributed by atoms with van der Waals surface area (Å²) >= 11 is 6.43. The molecule has 1 atom stereocenters. The van der Waals surface area contributed by atoms with Crippen LogP contribution in [0, 0.1) is 0 Å². The lowest BCUT2D eigenvalue weighted by atomic mass is 9.89. The van der Waals surface area contributed by atoms with Gasteiger partial charge in [-0.05, 0) is 27.3 Å². The number of aromatic nitrogens is 2. The smallest absolute Gasteiger partial charge is 0.0834 e. The maximum absolute atomic E-state index is 6.43. The molecule has 0 aromatic carbocycles. The van der Waals surface area contributed by atoms with Gasteiger partial charge in [0.1, 0.15) is 0 Å². The van der Waals surface area contributed by atoms with Crippen molar-refractivity contribution in [2.45, 2.75) is 45.3 Å². The molecule has 0 bridgehead atoms. The van der Waals surface area contributed by atoms with Crippen LogP contribution in [0.2, 0.25) is 5.02 Å². The molecule has 0 amide bonds. The molecule has 1 aliphatic rings. The number of nitrogens with zero attached hydrogens (tertiary/aromatic N) is 3. The molecule has 120 valence electrons. The topological polar surface area (TPSA) is 42.3 Å². The van der Waals surface area contributed by atoms with Gasteiger partial charge in [0.15, 0.2) is 0 Å². The molecule has 2 rings (SSSR count). The van der Waals surface area contributed by atoms with Gasteiger partial charge < -0.3 is 10.1 Å². The average molecular weight is 315 g/mol. The number of rotatable bonds is 6. The fourth-order valence-corrected chi connectivity index (χ4v) is 3.45. The summed E-state index contributed by atoms with van der Waals surface area (Å²) in [4.78, 5) is 2.47. The SMILES string of the molecule is CCCn1ncc(Cl)c1C(NC)C(C)(C)N1CCOCC1. The van der Waals surface area contributed by atoms with Crippen LogP contribution in [0.1, 0.15) is 38.9 Å². The van der Waals surface area contributed by atoms with E-state index in [9.17, 15) is 0 Å². The molecule has 2 heterocycles. The van der Waals surface area contributed by atoms with Crippen molar-refractivity contribution in [3.63, 3.8) is 0 Å². The monoisotopic (exact) mass is 314 g/mol. The molecule has 0 aliphatic carbocycles. The second kappa shape index (κ2) is 7.09. The number of halogens is 1. The summed E-state index contributed by atoms with van der Waals surface area (Å²) in [5, 5.41) is 8.63. The molecule has 1 N–H and O–H groups in total. The summed E-state index contributed by atoms with van der Waals surface area (Å²) in [6.45, 7) is 11.1. The van der Waals surface area contributed by atoms with Gasteiger partial charge in [-0.3, -0.25) is 9.58 Å². The number of morpholine rings is 1. The minimum atomic E-state index is -0.0618. The predicted octanol–water partition coefficient (Wildman–Crippen LogP) is 2.32. The number of ether oxygens (including phenoxy) is 1. The molecular formula is C15H27ClN4O. The van der Waals surface area contributed by atoms with Crippen LogP contribution in [0.5, 0.6) is 0 Å². The van der Waals surface area contributed by atoms with Gasteiger partial charge in [-0.1, -0.05) is 18.5 Å². The van der Waals surface area contributed by atoms with Crippen LogP contribution in [0.25, 0.3) is 0 Å². The quantitative estimate of drug-likeness (QED) is 0.875. The van der Waals surface area contributed by atoms with E-state index in [-0.39, 0.29) is 11.6 Å². The van der Waals surface area contributed by atoms with Crippen LogP contribution in [0.4, 0.5) is 0 Å². The van der Waals surface area contributed by atoms with Crippen molar-refractivity contribution in [2.24, 2.45) is 0 Å². The first-order chi connectivity index (χ1) is 10.0. The number of aryl methyl sites for hydroxylation is 1. The standard InChI is InChI=1S/C15H27ClN4O/c1-5-6-20-13(12(16)11-18-20)14(17-4)15(2,3)19-7-9-21-10-8-19/h11,14,17H,5-10H2,1-4H3. The second-order valence-corrected chi connectivity index (χ2v) is 6.48. The fraction of sp³-hybridized carbons (Fsp3) is 0.800. The minimum absolute atomic E-state index is 0.0618. The van der Waals surface area contributed by atoms with Crippen molar-refractivity contribution < 1.29 is 4.74 Å². The van der Waals surface area contributed by atoms with Gasteiger partial charge in [0, 0.05) is 25.2 Å². The molecule has 5 nitrogen and oxygen atoms in total. The Bertz CT molecular complexity index is 455. The van der Waals surface area contributed by atoms with Crippen LogP contribution in [-0.2, 0) is 11.3 Å². The third-order valence-electron chi connectivity index (χ3n) is 4.36. The normalized spacial score (nSPS) is 18.9. The Morgan fingerprint density at radius 3 is 2.67 bits per heavy atom. The van der Waals surface area contributed by atoms with E-state index in [2.05, 4.69) is 36.1 Å². The predicted molar refractivity (Wildman–Crippen MR) is 85.8 cm³/mol. The third-order valence-corrected chi connectivity index (χ3v) is 4.65. The Balaban J connectivity index is 2.31. The largest absolute Gasteiger partial charge is 0.379 e. The van der Waals surface area contributed by atoms with E-state index in [1.165, 1.54) is 0 Å². The molecule has 6 heteroatoms. The van der Waals surface area contributed by atoms with E-state index >= 15 is 0 Å². The summed E-state index contributed by atoms with van der Waals surface area (Å²) in [5.41, 5.74) is 1.02. The maximum atomic E-state index is 6.43. The van der Waals surface area contributed by atoms with Gasteiger partial charge >= 0.3 is 0 Å². The molecular weight excluding hydrogens is 288 g/mol. The summed E-state index contributed by atoms with van der Waals surface area (Å²) in [6, 6.07) is 0.122. The lowest BCUT2D eigenvalue weighted by molar-refractivity contribution is -0.0239. The highest BCUT2D eigenvalue weighted by molar-refractivity contribution is 6.31. The van der Waals surface area contributed by atoms with Gasteiger partial charge in [0.25, 0.3) is 0 Å². The molecule has 1 unspecified atom stereocenters. The Kier molecular flexibility index (Phi) is 5.66. The first-order valence-electron chi connectivity index (χ1n) is 7.73. The van der Waals surface area contributed by atoms with Crippen LogP contribution >= 0.6 is 11.6 Å².